The van der Waals surface area contributed by atoms with Gasteiger partial charge in [0.2, 0.25) is 5.88 Å². The molecule has 5 aromatic rings. The van der Waals surface area contributed by atoms with Crippen LogP contribution in [0.5, 0.6) is 11.6 Å². The Kier molecular flexibility index (Phi) is 7.61. The fourth-order valence-electron chi connectivity index (χ4n) is 5.27. The molecule has 2 aliphatic rings. The smallest absolute Gasteiger partial charge is 0.216 e. The van der Waals surface area contributed by atoms with Gasteiger partial charge in [-0.25, -0.2) is 4.98 Å². The summed E-state index contributed by atoms with van der Waals surface area (Å²) in [6.45, 7) is 2.17. The Balaban J connectivity index is 0.00000289. The van der Waals surface area contributed by atoms with Crippen LogP contribution in [0.4, 0.5) is 5.69 Å². The molecule has 7 heteroatoms. The first-order valence-corrected chi connectivity index (χ1v) is 14.2. The zero-order valence-electron chi connectivity index (χ0n) is 21.7. The van der Waals surface area contributed by atoms with Crippen molar-refractivity contribution in [1.82, 2.24) is 9.88 Å². The van der Waals surface area contributed by atoms with Crippen LogP contribution in [0.3, 0.4) is 0 Å². The molecule has 7 rings (SSSR count). The summed E-state index contributed by atoms with van der Waals surface area (Å²) >= 11 is 0. The second kappa shape index (κ2) is 11.5. The van der Waals surface area contributed by atoms with Gasteiger partial charge in [-0.1, -0.05) is 79.5 Å². The first-order valence-electron chi connectivity index (χ1n) is 12.9. The predicted molar refractivity (Wildman–Crippen MR) is 162 cm³/mol. The first kappa shape index (κ1) is 26.6. The Bertz CT molecular complexity index is 1670. The number of hydrogen-bond acceptors (Lipinski definition) is 4. The minimum Gasteiger partial charge on any atom is -0.510 e. The predicted octanol–water partition coefficient (Wildman–Crippen LogP) is 3.40. The number of benzene rings is 4. The number of anilines is 1. The Morgan fingerprint density at radius 2 is 1.62 bits per heavy atom. The normalized spacial score (nSPS) is 15.3. The molecule has 4 aromatic carbocycles. The molecule has 0 spiro atoms. The Morgan fingerprint density at radius 1 is 0.800 bits per heavy atom. The van der Waals surface area contributed by atoms with Crippen molar-refractivity contribution >= 4 is 52.6 Å². The second-order valence-electron chi connectivity index (χ2n) is 9.54. The number of nitrogens with zero attached hydrogens (tertiary/aromatic N) is 3. The molecule has 1 unspecified atom stereocenters. The number of hydrogen-bond donors (Lipinski definition) is 0. The fraction of sp³-hybridized carbons (Fsp3) is 0.0303. The van der Waals surface area contributed by atoms with Crippen molar-refractivity contribution < 1.29 is 25.8 Å². The average Bonchev–Trinajstić information content (AvgIpc) is 3.43. The van der Waals surface area contributed by atoms with E-state index in [9.17, 15) is 0 Å². The van der Waals surface area contributed by atoms with Crippen molar-refractivity contribution in [1.29, 1.82) is 0 Å². The standard InChI is InChI=1S/C33H24BN3OP.Pt/c1-36-20-21-37(24-36)26-12-9-13-28(22-26)39-31-15-6-5-14-29(31)34(25-10-3-2-4-11-25)30-18-17-27(23-32(30)39)38-33-16-7-8-19-35-33;/h2-21,24H,1H3;/q-3;. The number of rotatable bonds is 5. The second-order valence-corrected chi connectivity index (χ2v) is 11.6. The van der Waals surface area contributed by atoms with Gasteiger partial charge in [-0.15, -0.1) is 28.4 Å². The van der Waals surface area contributed by atoms with E-state index in [-0.39, 0.29) is 27.8 Å². The summed E-state index contributed by atoms with van der Waals surface area (Å²) in [6.07, 6.45) is 5.84. The monoisotopic (exact) mass is 715 g/mol. The zero-order chi connectivity index (χ0) is 26.2. The topological polar surface area (TPSA) is 28.6 Å². The van der Waals surface area contributed by atoms with E-state index >= 15 is 0 Å². The van der Waals surface area contributed by atoms with E-state index in [4.69, 9.17) is 4.74 Å². The maximum atomic E-state index is 6.18. The molecule has 0 radical (unpaired) electrons. The first-order chi connectivity index (χ1) is 19.2. The van der Waals surface area contributed by atoms with Crippen LogP contribution in [-0.4, -0.2) is 23.6 Å². The van der Waals surface area contributed by atoms with Gasteiger partial charge in [0.15, 0.2) is 6.71 Å². The minimum atomic E-state index is -0.938. The summed E-state index contributed by atoms with van der Waals surface area (Å²) in [6, 6.07) is 43.4. The third-order valence-corrected chi connectivity index (χ3v) is 9.44. The van der Waals surface area contributed by atoms with Gasteiger partial charge in [-0.05, 0) is 30.8 Å². The molecule has 0 saturated heterocycles. The molecule has 0 fully saturated rings. The molecule has 2 aliphatic heterocycles. The van der Waals surface area contributed by atoms with E-state index in [0.717, 1.165) is 16.3 Å². The summed E-state index contributed by atoms with van der Waals surface area (Å²) < 4.78 is 6.18. The van der Waals surface area contributed by atoms with Crippen molar-refractivity contribution in [3.8, 4) is 11.6 Å². The summed E-state index contributed by atoms with van der Waals surface area (Å²) in [7, 11) is 1.09. The van der Waals surface area contributed by atoms with Gasteiger partial charge in [0.1, 0.15) is 0 Å². The SMILES string of the molecule is CN1C=CN(c2[c-]c(P3c4[c-]c(Oc5ccccn5)ccc4B(c4ccccc4)c4ccccc43)ccc2)[CH-]1.[Pt]. The van der Waals surface area contributed by atoms with E-state index in [1.54, 1.807) is 6.20 Å². The van der Waals surface area contributed by atoms with E-state index in [2.05, 4.69) is 114 Å². The van der Waals surface area contributed by atoms with Gasteiger partial charge < -0.3 is 14.5 Å². The molecule has 0 aliphatic carbocycles. The van der Waals surface area contributed by atoms with Crippen LogP contribution in [0.1, 0.15) is 0 Å². The Labute approximate surface area is 251 Å². The van der Waals surface area contributed by atoms with E-state index in [1.165, 1.54) is 21.7 Å². The molecule has 1 aromatic heterocycles. The Hall–Kier alpha value is -3.65. The van der Waals surface area contributed by atoms with Crippen molar-refractivity contribution in [2.24, 2.45) is 0 Å². The average molecular weight is 715 g/mol. The number of ether oxygens (including phenoxy) is 1. The summed E-state index contributed by atoms with van der Waals surface area (Å²) in [4.78, 5) is 8.50. The summed E-state index contributed by atoms with van der Waals surface area (Å²) in [5.41, 5.74) is 4.87. The van der Waals surface area contributed by atoms with Gasteiger partial charge in [0, 0.05) is 39.1 Å². The van der Waals surface area contributed by atoms with E-state index in [0.29, 0.717) is 11.6 Å². The molecule has 4 nitrogen and oxygen atoms in total. The molecule has 0 saturated carbocycles. The number of fused-ring (bicyclic) bond motifs is 2. The van der Waals surface area contributed by atoms with Crippen molar-refractivity contribution in [2.75, 3.05) is 11.9 Å². The van der Waals surface area contributed by atoms with Crippen molar-refractivity contribution in [3.05, 3.63) is 141 Å². The van der Waals surface area contributed by atoms with Gasteiger partial charge in [0.25, 0.3) is 0 Å². The van der Waals surface area contributed by atoms with Crippen molar-refractivity contribution in [2.45, 2.75) is 0 Å². The third-order valence-electron chi connectivity index (χ3n) is 6.99. The summed E-state index contributed by atoms with van der Waals surface area (Å²) in [5.74, 6) is 1.22. The molecular formula is C33H24BN3OPPt-3. The van der Waals surface area contributed by atoms with Crippen molar-refractivity contribution in [3.63, 3.8) is 0 Å². The zero-order valence-corrected chi connectivity index (χ0v) is 24.9. The van der Waals surface area contributed by atoms with Crippen LogP contribution in [0.25, 0.3) is 0 Å². The van der Waals surface area contributed by atoms with E-state index < -0.39 is 7.92 Å². The largest absolute Gasteiger partial charge is 0.510 e. The molecule has 0 bridgehead atoms. The molecular weight excluding hydrogens is 691 g/mol. The van der Waals surface area contributed by atoms with Gasteiger partial charge in [-0.2, -0.15) is 42.5 Å². The quantitative estimate of drug-likeness (QED) is 0.156. The van der Waals surface area contributed by atoms with Gasteiger partial charge in [-0.3, -0.25) is 0 Å². The minimum absolute atomic E-state index is 0. The number of pyridine rings is 1. The van der Waals surface area contributed by atoms with Crippen LogP contribution in [0.2, 0.25) is 0 Å². The Morgan fingerprint density at radius 3 is 2.42 bits per heavy atom. The van der Waals surface area contributed by atoms with Gasteiger partial charge in [0.05, 0.1) is 0 Å². The molecule has 0 N–H and O–H groups in total. The van der Waals surface area contributed by atoms with Crippen LogP contribution < -0.4 is 41.9 Å². The number of aromatic nitrogens is 1. The molecule has 1 atom stereocenters. The fourth-order valence-corrected chi connectivity index (χ4v) is 7.85. The molecule has 40 heavy (non-hydrogen) atoms. The summed E-state index contributed by atoms with van der Waals surface area (Å²) in [5, 5.41) is 3.65. The van der Waals surface area contributed by atoms with Crippen LogP contribution in [0, 0.1) is 18.8 Å². The molecule has 198 valence electrons. The van der Waals surface area contributed by atoms with Crippen LogP contribution in [-0.2, 0) is 21.1 Å². The van der Waals surface area contributed by atoms with Crippen LogP contribution >= 0.6 is 7.92 Å². The maximum absolute atomic E-state index is 6.18. The van der Waals surface area contributed by atoms with Crippen LogP contribution in [0.15, 0.2) is 122 Å². The third kappa shape index (κ3) is 5.01. The van der Waals surface area contributed by atoms with E-state index in [1.807, 2.05) is 42.4 Å². The van der Waals surface area contributed by atoms with Gasteiger partial charge >= 0.3 is 0 Å². The molecule has 0 amide bonds. The molecule has 3 heterocycles. The maximum Gasteiger partial charge on any atom is 0.216 e.